The first-order valence-electron chi connectivity index (χ1n) is 11.5. The SMILES string of the molecule is C[Si](=[Zr+2])CCC(F)(F)F.[Cl-].[Cl-].c1ccc2c(c1)[cH-]c1ccccc12.c1ccc2c(c1)[cH-]c1ccccc12. The van der Waals surface area contributed by atoms with Crippen LogP contribution in [0.15, 0.2) is 109 Å². The minimum Gasteiger partial charge on any atom is -1.00 e. The average molecular weight is 633 g/mol. The van der Waals surface area contributed by atoms with E-state index < -0.39 is 18.0 Å². The van der Waals surface area contributed by atoms with Crippen LogP contribution < -0.4 is 24.8 Å². The Morgan fingerprint density at radius 3 is 1.08 bits per heavy atom. The molecule has 6 rings (SSSR count). The van der Waals surface area contributed by atoms with Gasteiger partial charge in [0, 0.05) is 0 Å². The Labute approximate surface area is 242 Å². The van der Waals surface area contributed by atoms with Crippen molar-refractivity contribution in [3.8, 4) is 0 Å². The fourth-order valence-electron chi connectivity index (χ4n) is 4.14. The Kier molecular flexibility index (Phi) is 12.1. The number of hydrogen-bond acceptors (Lipinski definition) is 0. The average Bonchev–Trinajstić information content (AvgIpc) is 3.42. The van der Waals surface area contributed by atoms with Gasteiger partial charge in [-0.3, -0.25) is 0 Å². The van der Waals surface area contributed by atoms with Gasteiger partial charge in [0.15, 0.2) is 0 Å². The Bertz CT molecular complexity index is 1380. The molecule has 0 saturated carbocycles. The summed E-state index contributed by atoms with van der Waals surface area (Å²) in [5, 5.41) is 10.8. The first kappa shape index (κ1) is 31.3. The molecule has 37 heavy (non-hydrogen) atoms. The molecule has 0 saturated heterocycles. The van der Waals surface area contributed by atoms with Gasteiger partial charge in [-0.15, -0.1) is 79.5 Å². The van der Waals surface area contributed by atoms with E-state index in [1.807, 2.05) is 6.55 Å². The van der Waals surface area contributed by atoms with E-state index in [2.05, 4.69) is 109 Å². The maximum Gasteiger partial charge on any atom is -0.0771 e. The number of alkyl halides is 3. The van der Waals surface area contributed by atoms with E-state index in [1.165, 1.54) is 66.4 Å². The molecule has 0 nitrogen and oxygen atoms in total. The fraction of sp³-hybridized carbons (Fsp3) is 0.133. The molecular weight excluding hydrogens is 608 g/mol. The van der Waals surface area contributed by atoms with Crippen LogP contribution in [-0.2, 0) is 23.3 Å². The van der Waals surface area contributed by atoms with Crippen molar-refractivity contribution >= 4 is 48.5 Å². The third-order valence-electron chi connectivity index (χ3n) is 5.83. The number of halogens is 5. The summed E-state index contributed by atoms with van der Waals surface area (Å²) in [6.07, 6.45) is -4.51. The normalized spacial score (nSPS) is 10.6. The number of rotatable bonds is 2. The van der Waals surface area contributed by atoms with Crippen LogP contribution in [0.1, 0.15) is 6.42 Å². The third-order valence-corrected chi connectivity index (χ3v) is 8.67. The van der Waals surface area contributed by atoms with Gasteiger partial charge in [0.05, 0.1) is 0 Å². The molecule has 6 aromatic carbocycles. The van der Waals surface area contributed by atoms with E-state index in [9.17, 15) is 13.2 Å². The van der Waals surface area contributed by atoms with Gasteiger partial charge < -0.3 is 24.8 Å². The molecule has 0 heterocycles. The van der Waals surface area contributed by atoms with Gasteiger partial charge in [0.2, 0.25) is 0 Å². The molecule has 0 bridgehead atoms. The predicted molar refractivity (Wildman–Crippen MR) is 141 cm³/mol. The number of benzene rings is 4. The minimum atomic E-state index is -3.93. The van der Waals surface area contributed by atoms with Crippen molar-refractivity contribution in [3.63, 3.8) is 0 Å². The molecule has 0 radical (unpaired) electrons. The number of fused-ring (bicyclic) bond motifs is 6. The summed E-state index contributed by atoms with van der Waals surface area (Å²) in [4.78, 5) is 0. The van der Waals surface area contributed by atoms with E-state index in [-0.39, 0.29) is 24.8 Å². The summed E-state index contributed by atoms with van der Waals surface area (Å²) in [5.41, 5.74) is -0.598. The molecule has 7 heteroatoms. The van der Waals surface area contributed by atoms with Crippen LogP contribution >= 0.6 is 0 Å². The van der Waals surface area contributed by atoms with E-state index in [0.717, 1.165) is 0 Å². The van der Waals surface area contributed by atoms with Crippen LogP contribution in [0.5, 0.6) is 0 Å². The third kappa shape index (κ3) is 8.55. The van der Waals surface area contributed by atoms with Crippen LogP contribution in [0, 0.1) is 0 Å². The summed E-state index contributed by atoms with van der Waals surface area (Å²) in [5.74, 6) is 0. The minimum absolute atomic E-state index is 0. The van der Waals surface area contributed by atoms with Gasteiger partial charge in [0.25, 0.3) is 0 Å². The molecule has 190 valence electrons. The summed E-state index contributed by atoms with van der Waals surface area (Å²) < 4.78 is 34.3. The van der Waals surface area contributed by atoms with E-state index >= 15 is 0 Å². The molecule has 0 aliphatic carbocycles. The molecule has 0 aliphatic heterocycles. The molecule has 0 unspecified atom stereocenters. The zero-order valence-corrected chi connectivity index (χ0v) is 25.2. The molecule has 0 amide bonds. The molecule has 0 N–H and O–H groups in total. The molecule has 0 atom stereocenters. The van der Waals surface area contributed by atoms with Crippen LogP contribution in [0.4, 0.5) is 13.2 Å². The monoisotopic (exact) mass is 630 g/mol. The van der Waals surface area contributed by atoms with Gasteiger partial charge >= 0.3 is 67.1 Å². The van der Waals surface area contributed by atoms with Crippen molar-refractivity contribution in [1.29, 1.82) is 0 Å². The summed E-state index contributed by atoms with van der Waals surface area (Å²) >= 11 is 1.29. The van der Waals surface area contributed by atoms with E-state index in [0.29, 0.717) is 6.04 Å². The molecule has 0 spiro atoms. The molecule has 6 aromatic rings. The van der Waals surface area contributed by atoms with Crippen molar-refractivity contribution < 1.29 is 61.3 Å². The summed E-state index contributed by atoms with van der Waals surface area (Å²) in [7, 11) is 0. The van der Waals surface area contributed by atoms with Crippen LogP contribution in [0.3, 0.4) is 0 Å². The van der Waals surface area contributed by atoms with E-state index in [1.54, 1.807) is 0 Å². The van der Waals surface area contributed by atoms with Crippen molar-refractivity contribution in [2.75, 3.05) is 0 Å². The van der Waals surface area contributed by atoms with E-state index in [4.69, 9.17) is 0 Å². The van der Waals surface area contributed by atoms with Gasteiger partial charge in [-0.25, -0.2) is 0 Å². The number of hydrogen-bond donors (Lipinski definition) is 0. The Hall–Kier alpha value is -1.91. The Morgan fingerprint density at radius 2 is 0.865 bits per heavy atom. The quantitative estimate of drug-likeness (QED) is 0.203. The van der Waals surface area contributed by atoms with Gasteiger partial charge in [0.1, 0.15) is 0 Å². The fourth-order valence-corrected chi connectivity index (χ4v) is 5.72. The van der Waals surface area contributed by atoms with Gasteiger partial charge in [-0.1, -0.05) is 72.8 Å². The predicted octanol–water partition coefficient (Wildman–Crippen LogP) is 3.54. The summed E-state index contributed by atoms with van der Waals surface area (Å²) in [6, 6.07) is 38.9. The van der Waals surface area contributed by atoms with Crippen molar-refractivity contribution in [2.24, 2.45) is 0 Å². The van der Waals surface area contributed by atoms with Gasteiger partial charge in [-0.2, -0.15) is 0 Å². The first-order valence-corrected chi connectivity index (χ1v) is 17.4. The molecule has 0 fully saturated rings. The first-order chi connectivity index (χ1) is 16.8. The molecule has 0 aliphatic rings. The standard InChI is InChI=1S/2C13H9.C4H7F3Si.2ClH.Zr/c2*1-3-7-12-10(5-1)9-11-6-2-4-8-13(11)12;1-8-3-2-4(5,6)7;;;/h2*1-9H;2-3H2,1H3;2*1H;/q2*-1;;;;+2/p-2. The Morgan fingerprint density at radius 1 is 0.595 bits per heavy atom. The smallest absolute Gasteiger partial charge is 0.0771 e. The summed E-state index contributed by atoms with van der Waals surface area (Å²) in [6.45, 7) is 1.93. The van der Waals surface area contributed by atoms with Crippen molar-refractivity contribution in [2.45, 2.75) is 25.2 Å². The van der Waals surface area contributed by atoms with Crippen molar-refractivity contribution in [3.05, 3.63) is 109 Å². The zero-order valence-electron chi connectivity index (χ0n) is 20.2. The Balaban J connectivity index is 0.000000195. The molecular formula is C30H25Cl2F3SiZr-2. The second-order valence-corrected chi connectivity index (χ2v) is 16.9. The van der Waals surface area contributed by atoms with Crippen molar-refractivity contribution in [1.82, 2.24) is 0 Å². The maximum absolute atomic E-state index is 11.4. The second-order valence-electron chi connectivity index (χ2n) is 8.53. The molecule has 0 aromatic heterocycles. The van der Waals surface area contributed by atoms with Crippen LogP contribution in [0.2, 0.25) is 12.6 Å². The largest absolute Gasteiger partial charge is 1.00 e. The van der Waals surface area contributed by atoms with Crippen LogP contribution in [0.25, 0.3) is 43.1 Å². The second kappa shape index (κ2) is 14.3. The maximum atomic E-state index is 11.4. The van der Waals surface area contributed by atoms with Gasteiger partial charge in [-0.05, 0) is 0 Å². The van der Waals surface area contributed by atoms with Crippen LogP contribution in [-0.4, -0.2) is 11.6 Å². The zero-order chi connectivity index (χ0) is 24.8. The topological polar surface area (TPSA) is 0 Å².